The molecule has 1 aromatic carbocycles. The number of rotatable bonds is 3. The molecule has 2 fully saturated rings. The molecule has 0 bridgehead atoms. The van der Waals surface area contributed by atoms with Crippen LogP contribution < -0.4 is 4.90 Å². The van der Waals surface area contributed by atoms with Gasteiger partial charge in [-0.3, -0.25) is 4.79 Å². The highest BCUT2D eigenvalue weighted by molar-refractivity contribution is 5.94. The van der Waals surface area contributed by atoms with Crippen LogP contribution in [0, 0.1) is 6.92 Å². The fourth-order valence-corrected chi connectivity index (χ4v) is 4.13. The Morgan fingerprint density at radius 3 is 2.56 bits per heavy atom. The molecule has 0 spiro atoms. The van der Waals surface area contributed by atoms with E-state index in [0.717, 1.165) is 43.9 Å². The maximum Gasteiger partial charge on any atom is 0.254 e. The summed E-state index contributed by atoms with van der Waals surface area (Å²) in [5.74, 6) is 1.24. The van der Waals surface area contributed by atoms with Crippen molar-refractivity contribution in [3.63, 3.8) is 0 Å². The lowest BCUT2D eigenvalue weighted by Gasteiger charge is -2.26. The van der Waals surface area contributed by atoms with E-state index in [-0.39, 0.29) is 11.9 Å². The molecule has 1 amide bonds. The normalized spacial score (nSPS) is 20.3. The summed E-state index contributed by atoms with van der Waals surface area (Å²) in [6, 6.07) is 12.0. The number of aryl methyl sites for hydroxylation is 1. The Morgan fingerprint density at radius 1 is 1.08 bits per heavy atom. The van der Waals surface area contributed by atoms with Crippen LogP contribution in [0.25, 0.3) is 0 Å². The monoisotopic (exact) mass is 335 g/mol. The quantitative estimate of drug-likeness (QED) is 0.851. The number of benzene rings is 1. The molecular weight excluding hydrogens is 310 g/mol. The molecule has 4 rings (SSSR count). The third-order valence-electron chi connectivity index (χ3n) is 5.40. The van der Waals surface area contributed by atoms with E-state index in [2.05, 4.69) is 17.9 Å². The van der Waals surface area contributed by atoms with Gasteiger partial charge in [0.05, 0.1) is 6.04 Å². The van der Waals surface area contributed by atoms with E-state index in [4.69, 9.17) is 4.98 Å². The number of carbonyl (C=O) groups excluding carboxylic acids is 1. The van der Waals surface area contributed by atoms with Gasteiger partial charge in [-0.15, -0.1) is 0 Å². The minimum absolute atomic E-state index is 0.129. The summed E-state index contributed by atoms with van der Waals surface area (Å²) in [5.41, 5.74) is 3.16. The van der Waals surface area contributed by atoms with Crippen LogP contribution >= 0.6 is 0 Å². The van der Waals surface area contributed by atoms with Crippen molar-refractivity contribution in [2.45, 2.75) is 38.6 Å². The second kappa shape index (κ2) is 6.87. The van der Waals surface area contributed by atoms with Gasteiger partial charge in [-0.05, 0) is 61.9 Å². The molecule has 2 aliphatic heterocycles. The van der Waals surface area contributed by atoms with Gasteiger partial charge < -0.3 is 9.80 Å². The third-order valence-corrected chi connectivity index (χ3v) is 5.40. The molecule has 4 nitrogen and oxygen atoms in total. The van der Waals surface area contributed by atoms with E-state index >= 15 is 0 Å². The van der Waals surface area contributed by atoms with Gasteiger partial charge in [-0.25, -0.2) is 4.98 Å². The highest BCUT2D eigenvalue weighted by Crippen LogP contribution is 2.34. The van der Waals surface area contributed by atoms with Crippen molar-refractivity contribution in [3.05, 3.63) is 59.3 Å². The second-order valence-electron chi connectivity index (χ2n) is 7.13. The molecule has 0 radical (unpaired) electrons. The van der Waals surface area contributed by atoms with E-state index in [0.29, 0.717) is 0 Å². The summed E-state index contributed by atoms with van der Waals surface area (Å²) in [5, 5.41) is 0. The Labute approximate surface area is 149 Å². The summed E-state index contributed by atoms with van der Waals surface area (Å²) in [4.78, 5) is 22.0. The predicted octanol–water partition coefficient (Wildman–Crippen LogP) is 3.97. The predicted molar refractivity (Wildman–Crippen MR) is 99.9 cm³/mol. The van der Waals surface area contributed by atoms with Crippen LogP contribution in [0.1, 0.15) is 53.2 Å². The van der Waals surface area contributed by atoms with Crippen LogP contribution in [0.4, 0.5) is 5.82 Å². The lowest BCUT2D eigenvalue weighted by molar-refractivity contribution is 0.0735. The average Bonchev–Trinajstić information content (AvgIpc) is 3.33. The Kier molecular flexibility index (Phi) is 4.43. The Balaban J connectivity index is 1.58. The molecule has 2 aliphatic rings. The number of pyridine rings is 1. The first-order valence-electron chi connectivity index (χ1n) is 9.31. The summed E-state index contributed by atoms with van der Waals surface area (Å²) < 4.78 is 0. The molecule has 2 aromatic rings. The maximum atomic E-state index is 12.9. The fraction of sp³-hybridized carbons (Fsp3) is 0.429. The van der Waals surface area contributed by atoms with E-state index in [1.807, 2.05) is 41.4 Å². The smallest absolute Gasteiger partial charge is 0.254 e. The Morgan fingerprint density at radius 2 is 1.84 bits per heavy atom. The number of hydrogen-bond acceptors (Lipinski definition) is 3. The topological polar surface area (TPSA) is 36.4 Å². The molecule has 1 aromatic heterocycles. The third kappa shape index (κ3) is 3.13. The van der Waals surface area contributed by atoms with Crippen LogP contribution in [-0.2, 0) is 0 Å². The van der Waals surface area contributed by atoms with Gasteiger partial charge in [-0.1, -0.05) is 18.2 Å². The molecule has 0 aliphatic carbocycles. The molecule has 25 heavy (non-hydrogen) atoms. The van der Waals surface area contributed by atoms with Crippen molar-refractivity contribution in [2.75, 3.05) is 24.5 Å². The zero-order chi connectivity index (χ0) is 17.2. The minimum atomic E-state index is 0.129. The first kappa shape index (κ1) is 16.1. The molecule has 3 heterocycles. The number of nitrogens with zero attached hydrogens (tertiary/aromatic N) is 3. The van der Waals surface area contributed by atoms with Crippen LogP contribution in [0.5, 0.6) is 0 Å². The van der Waals surface area contributed by atoms with Crippen molar-refractivity contribution in [3.8, 4) is 0 Å². The van der Waals surface area contributed by atoms with Gasteiger partial charge in [0, 0.05) is 31.4 Å². The van der Waals surface area contributed by atoms with E-state index in [9.17, 15) is 4.79 Å². The van der Waals surface area contributed by atoms with Crippen molar-refractivity contribution >= 4 is 11.7 Å². The summed E-state index contributed by atoms with van der Waals surface area (Å²) in [6.45, 7) is 5.18. The lowest BCUT2D eigenvalue weighted by Crippen LogP contribution is -2.30. The summed E-state index contributed by atoms with van der Waals surface area (Å²) in [7, 11) is 0. The number of hydrogen-bond donors (Lipinski definition) is 0. The molecular formula is C21H25N3O. The van der Waals surface area contributed by atoms with E-state index in [1.54, 1.807) is 0 Å². The van der Waals surface area contributed by atoms with Crippen LogP contribution in [0.15, 0.2) is 42.6 Å². The van der Waals surface area contributed by atoms with Gasteiger partial charge in [-0.2, -0.15) is 0 Å². The molecule has 1 atom stereocenters. The summed E-state index contributed by atoms with van der Waals surface area (Å²) in [6.07, 6.45) is 6.57. The molecule has 130 valence electrons. The van der Waals surface area contributed by atoms with Crippen molar-refractivity contribution < 1.29 is 4.79 Å². The highest BCUT2D eigenvalue weighted by Gasteiger charge is 2.31. The second-order valence-corrected chi connectivity index (χ2v) is 7.13. The number of carbonyl (C=O) groups is 1. The zero-order valence-electron chi connectivity index (χ0n) is 14.8. The van der Waals surface area contributed by atoms with Gasteiger partial charge in [0.2, 0.25) is 0 Å². The molecule has 0 saturated carbocycles. The molecule has 0 N–H and O–H groups in total. The highest BCUT2D eigenvalue weighted by atomic mass is 16.2. The number of amides is 1. The Hall–Kier alpha value is -2.36. The lowest BCUT2D eigenvalue weighted by atomic mass is 10.0. The first-order chi connectivity index (χ1) is 12.2. The van der Waals surface area contributed by atoms with Crippen molar-refractivity contribution in [2.24, 2.45) is 0 Å². The first-order valence-corrected chi connectivity index (χ1v) is 9.31. The van der Waals surface area contributed by atoms with Gasteiger partial charge in [0.1, 0.15) is 5.82 Å². The van der Waals surface area contributed by atoms with Crippen LogP contribution in [0.2, 0.25) is 0 Å². The zero-order valence-corrected chi connectivity index (χ0v) is 14.8. The largest absolute Gasteiger partial charge is 0.356 e. The van der Waals surface area contributed by atoms with Crippen LogP contribution in [0.3, 0.4) is 0 Å². The van der Waals surface area contributed by atoms with Crippen LogP contribution in [-0.4, -0.2) is 35.4 Å². The standard InChI is InChI=1S/C21H25N3O/c1-16-14-18(15-22-20(16)23-11-5-6-12-23)19-10-7-13-24(19)21(25)17-8-3-2-4-9-17/h2-4,8-9,14-15,19H,5-7,10-13H2,1H3. The number of aromatic nitrogens is 1. The van der Waals surface area contributed by atoms with Gasteiger partial charge >= 0.3 is 0 Å². The number of anilines is 1. The molecule has 2 saturated heterocycles. The SMILES string of the molecule is Cc1cc(C2CCCN2C(=O)c2ccccc2)cnc1N1CCCC1. The van der Waals surface area contributed by atoms with E-state index in [1.165, 1.54) is 24.0 Å². The van der Waals surface area contributed by atoms with Gasteiger partial charge in [0.25, 0.3) is 5.91 Å². The van der Waals surface area contributed by atoms with E-state index < -0.39 is 0 Å². The molecule has 1 unspecified atom stereocenters. The summed E-state index contributed by atoms with van der Waals surface area (Å²) >= 11 is 0. The average molecular weight is 335 g/mol. The minimum Gasteiger partial charge on any atom is -0.356 e. The van der Waals surface area contributed by atoms with Crippen molar-refractivity contribution in [1.29, 1.82) is 0 Å². The number of likely N-dealkylation sites (tertiary alicyclic amines) is 1. The fourth-order valence-electron chi connectivity index (χ4n) is 4.13. The molecule has 4 heteroatoms. The van der Waals surface area contributed by atoms with Gasteiger partial charge in [0.15, 0.2) is 0 Å². The Bertz CT molecular complexity index is 753. The van der Waals surface area contributed by atoms with Crippen molar-refractivity contribution in [1.82, 2.24) is 9.88 Å². The maximum absolute atomic E-state index is 12.9.